The lowest BCUT2D eigenvalue weighted by molar-refractivity contribution is 0.0704. The molecule has 0 saturated carbocycles. The molecule has 1 amide bonds. The Morgan fingerprint density at radius 1 is 1.17 bits per heavy atom. The number of hydrogen-bond acceptors (Lipinski definition) is 5. The molecule has 0 aliphatic carbocycles. The van der Waals surface area contributed by atoms with Crippen LogP contribution in [0.3, 0.4) is 0 Å². The van der Waals surface area contributed by atoms with E-state index in [2.05, 4.69) is 11.4 Å². The van der Waals surface area contributed by atoms with Gasteiger partial charge in [0.05, 0.1) is 10.6 Å². The van der Waals surface area contributed by atoms with E-state index >= 15 is 0 Å². The Morgan fingerprint density at radius 3 is 2.79 bits per heavy atom. The Morgan fingerprint density at radius 2 is 2.03 bits per heavy atom. The van der Waals surface area contributed by atoms with E-state index in [-0.39, 0.29) is 11.8 Å². The zero-order valence-corrected chi connectivity index (χ0v) is 17.9. The normalized spacial score (nSPS) is 16.7. The molecule has 3 heterocycles. The minimum absolute atomic E-state index is 0.0875. The smallest absolute Gasteiger partial charge is 0.253 e. The molecule has 1 aromatic carbocycles. The molecule has 1 saturated heterocycles. The van der Waals surface area contributed by atoms with Crippen LogP contribution in [0.15, 0.2) is 47.8 Å². The molecule has 3 aromatic rings. The van der Waals surface area contributed by atoms with Gasteiger partial charge in [0.2, 0.25) is 0 Å². The highest BCUT2D eigenvalue weighted by molar-refractivity contribution is 7.13. The molecule has 1 aliphatic heterocycles. The number of benzene rings is 1. The Balaban J connectivity index is 1.56. The molecule has 1 aliphatic rings. The predicted molar refractivity (Wildman–Crippen MR) is 119 cm³/mol. The van der Waals surface area contributed by atoms with Crippen molar-refractivity contribution in [3.63, 3.8) is 0 Å². The monoisotopic (exact) mass is 406 g/mol. The van der Waals surface area contributed by atoms with Gasteiger partial charge in [0.1, 0.15) is 5.82 Å². The quantitative estimate of drug-likeness (QED) is 0.635. The molecule has 1 fully saturated rings. The first-order chi connectivity index (χ1) is 14.0. The number of hydrogen-bond donors (Lipinski definition) is 0. The first-order valence-corrected chi connectivity index (χ1v) is 10.9. The number of nitrogens with zero attached hydrogens (tertiary/aromatic N) is 4. The molecule has 4 rings (SSSR count). The van der Waals surface area contributed by atoms with Crippen molar-refractivity contribution in [2.24, 2.45) is 0 Å². The molecular formula is C23H26N4OS. The SMILES string of the molecule is Cc1cc(-c2cccs2)nc(C2CCCN(C(=O)c3cccc(N(C)C)c3)C2)n1. The van der Waals surface area contributed by atoms with Crippen molar-refractivity contribution in [3.05, 3.63) is 64.9 Å². The van der Waals surface area contributed by atoms with E-state index in [1.54, 1.807) is 11.3 Å². The van der Waals surface area contributed by atoms with Crippen LogP contribution in [0.25, 0.3) is 10.6 Å². The van der Waals surface area contributed by atoms with Gasteiger partial charge in [-0.25, -0.2) is 9.97 Å². The van der Waals surface area contributed by atoms with Crippen LogP contribution in [-0.4, -0.2) is 48.0 Å². The number of carbonyl (C=O) groups excluding carboxylic acids is 1. The van der Waals surface area contributed by atoms with Crippen molar-refractivity contribution in [2.75, 3.05) is 32.1 Å². The third kappa shape index (κ3) is 4.32. The van der Waals surface area contributed by atoms with Crippen LogP contribution >= 0.6 is 11.3 Å². The van der Waals surface area contributed by atoms with Crippen molar-refractivity contribution in [2.45, 2.75) is 25.7 Å². The summed E-state index contributed by atoms with van der Waals surface area (Å²) in [7, 11) is 3.97. The molecule has 6 heteroatoms. The summed E-state index contributed by atoms with van der Waals surface area (Å²) in [6.45, 7) is 3.46. The highest BCUT2D eigenvalue weighted by Gasteiger charge is 2.28. The van der Waals surface area contributed by atoms with Gasteiger partial charge >= 0.3 is 0 Å². The summed E-state index contributed by atoms with van der Waals surface area (Å²) in [4.78, 5) is 27.8. The van der Waals surface area contributed by atoms with Crippen molar-refractivity contribution in [1.82, 2.24) is 14.9 Å². The number of aromatic nitrogens is 2. The Hall–Kier alpha value is -2.73. The Bertz CT molecular complexity index is 1000. The second-order valence-electron chi connectivity index (χ2n) is 7.77. The van der Waals surface area contributed by atoms with E-state index in [1.807, 2.05) is 67.2 Å². The third-order valence-corrected chi connectivity index (χ3v) is 6.22. The second kappa shape index (κ2) is 8.33. The van der Waals surface area contributed by atoms with Gasteiger partial charge in [0.15, 0.2) is 0 Å². The lowest BCUT2D eigenvalue weighted by Crippen LogP contribution is -2.39. The number of rotatable bonds is 4. The maximum atomic E-state index is 13.1. The number of thiophene rings is 1. The van der Waals surface area contributed by atoms with E-state index in [9.17, 15) is 4.79 Å². The molecule has 150 valence electrons. The molecular weight excluding hydrogens is 380 g/mol. The summed E-state index contributed by atoms with van der Waals surface area (Å²) < 4.78 is 0. The highest BCUT2D eigenvalue weighted by Crippen LogP contribution is 2.29. The molecule has 29 heavy (non-hydrogen) atoms. The maximum absolute atomic E-state index is 13.1. The molecule has 2 aromatic heterocycles. The zero-order chi connectivity index (χ0) is 20.4. The fourth-order valence-corrected chi connectivity index (χ4v) is 4.48. The predicted octanol–water partition coefficient (Wildman–Crippen LogP) is 4.60. The number of carbonyl (C=O) groups is 1. The number of anilines is 1. The van der Waals surface area contributed by atoms with Gasteiger partial charge in [0, 0.05) is 50.0 Å². The molecule has 0 radical (unpaired) electrons. The summed E-state index contributed by atoms with van der Waals surface area (Å²) in [5, 5.41) is 2.06. The minimum atomic E-state index is 0.0875. The first-order valence-electron chi connectivity index (χ1n) is 9.97. The molecule has 1 unspecified atom stereocenters. The average Bonchev–Trinajstić information content (AvgIpc) is 3.28. The van der Waals surface area contributed by atoms with Crippen molar-refractivity contribution >= 4 is 22.9 Å². The van der Waals surface area contributed by atoms with Crippen LogP contribution in [0.2, 0.25) is 0 Å². The van der Waals surface area contributed by atoms with Crippen molar-refractivity contribution in [1.29, 1.82) is 0 Å². The second-order valence-corrected chi connectivity index (χ2v) is 8.71. The van der Waals surface area contributed by atoms with E-state index in [1.165, 1.54) is 0 Å². The highest BCUT2D eigenvalue weighted by atomic mass is 32.1. The van der Waals surface area contributed by atoms with Gasteiger partial charge in [-0.05, 0) is 55.5 Å². The lowest BCUT2D eigenvalue weighted by Gasteiger charge is -2.32. The summed E-state index contributed by atoms with van der Waals surface area (Å²) in [5.41, 5.74) is 3.72. The number of amides is 1. The largest absolute Gasteiger partial charge is 0.378 e. The van der Waals surface area contributed by atoms with Crippen molar-refractivity contribution in [3.8, 4) is 10.6 Å². The Kier molecular flexibility index (Phi) is 5.62. The zero-order valence-electron chi connectivity index (χ0n) is 17.1. The van der Waals surface area contributed by atoms with Crippen LogP contribution in [0, 0.1) is 6.92 Å². The summed E-state index contributed by atoms with van der Waals surface area (Å²) in [6.07, 6.45) is 1.98. The number of aryl methyl sites for hydroxylation is 1. The van der Waals surface area contributed by atoms with Gasteiger partial charge in [0.25, 0.3) is 5.91 Å². The van der Waals surface area contributed by atoms with Crippen LogP contribution in [0.1, 0.15) is 40.6 Å². The number of piperidine rings is 1. The standard InChI is InChI=1S/C23H26N4OS/c1-16-13-20(21-10-6-12-29-21)25-22(24-16)18-8-5-11-27(15-18)23(28)17-7-4-9-19(14-17)26(2)3/h4,6-7,9-10,12-14,18H,5,8,11,15H2,1-3H3. The average molecular weight is 407 g/mol. The molecule has 0 spiro atoms. The van der Waals surface area contributed by atoms with E-state index in [0.29, 0.717) is 6.54 Å². The lowest BCUT2D eigenvalue weighted by atomic mass is 9.96. The fraction of sp³-hybridized carbons (Fsp3) is 0.348. The van der Waals surface area contributed by atoms with Gasteiger partial charge in [-0.15, -0.1) is 11.3 Å². The first kappa shape index (κ1) is 19.6. The Labute approximate surface area is 176 Å². The summed E-state index contributed by atoms with van der Waals surface area (Å²) >= 11 is 1.69. The summed E-state index contributed by atoms with van der Waals surface area (Å²) in [6, 6.07) is 14.0. The van der Waals surface area contributed by atoms with Gasteiger partial charge < -0.3 is 9.80 Å². The van der Waals surface area contributed by atoms with Crippen LogP contribution in [0.5, 0.6) is 0 Å². The van der Waals surface area contributed by atoms with Gasteiger partial charge in [-0.2, -0.15) is 0 Å². The van der Waals surface area contributed by atoms with Crippen LogP contribution in [0.4, 0.5) is 5.69 Å². The molecule has 1 atom stereocenters. The van der Waals surface area contributed by atoms with Gasteiger partial charge in [-0.1, -0.05) is 12.1 Å². The van der Waals surface area contributed by atoms with Gasteiger partial charge in [-0.3, -0.25) is 4.79 Å². The van der Waals surface area contributed by atoms with Crippen molar-refractivity contribution < 1.29 is 4.79 Å². The van der Waals surface area contributed by atoms with Crippen LogP contribution in [-0.2, 0) is 0 Å². The third-order valence-electron chi connectivity index (χ3n) is 5.33. The minimum Gasteiger partial charge on any atom is -0.378 e. The van der Waals surface area contributed by atoms with Crippen LogP contribution < -0.4 is 4.90 Å². The topological polar surface area (TPSA) is 49.3 Å². The van der Waals surface area contributed by atoms with E-state index in [0.717, 1.165) is 52.7 Å². The fourth-order valence-electron chi connectivity index (χ4n) is 3.80. The molecule has 0 N–H and O–H groups in total. The number of likely N-dealkylation sites (tertiary alicyclic amines) is 1. The molecule has 5 nitrogen and oxygen atoms in total. The maximum Gasteiger partial charge on any atom is 0.253 e. The van der Waals surface area contributed by atoms with E-state index < -0.39 is 0 Å². The summed E-state index contributed by atoms with van der Waals surface area (Å²) in [5.74, 6) is 1.11. The molecule has 0 bridgehead atoms. The van der Waals surface area contributed by atoms with E-state index in [4.69, 9.17) is 9.97 Å².